The van der Waals surface area contributed by atoms with Gasteiger partial charge in [0, 0.05) is 12.0 Å². The van der Waals surface area contributed by atoms with Crippen molar-refractivity contribution < 1.29 is 9.59 Å². The molecule has 2 amide bonds. The molecular weight excluding hydrogens is 230 g/mol. The molecule has 1 rings (SSSR count). The summed E-state index contributed by atoms with van der Waals surface area (Å²) in [5.41, 5.74) is 5.02. The molecule has 0 atom stereocenters. The monoisotopic (exact) mass is 255 g/mol. The van der Waals surface area contributed by atoms with Crippen molar-refractivity contribution in [1.29, 1.82) is 0 Å². The summed E-state index contributed by atoms with van der Waals surface area (Å²) in [7, 11) is 0. The van der Waals surface area contributed by atoms with Crippen LogP contribution in [0.3, 0.4) is 0 Å². The van der Waals surface area contributed by atoms with Crippen LogP contribution in [0.4, 0.5) is 0 Å². The Kier molecular flexibility index (Phi) is 4.73. The van der Waals surface area contributed by atoms with Gasteiger partial charge in [0.05, 0.1) is 12.1 Å². The summed E-state index contributed by atoms with van der Waals surface area (Å²) < 4.78 is 0. The average Bonchev–Trinajstić information content (AvgIpc) is 2.73. The Bertz CT molecular complexity index is 315. The second kappa shape index (κ2) is 5.69. The van der Waals surface area contributed by atoms with Gasteiger partial charge in [-0.1, -0.05) is 33.6 Å². The Labute approximate surface area is 109 Å². The van der Waals surface area contributed by atoms with E-state index in [4.69, 9.17) is 5.73 Å². The number of rotatable bonds is 4. The van der Waals surface area contributed by atoms with Crippen LogP contribution >= 0.6 is 0 Å². The zero-order valence-corrected chi connectivity index (χ0v) is 11.6. The van der Waals surface area contributed by atoms with Crippen LogP contribution in [-0.2, 0) is 9.59 Å². The van der Waals surface area contributed by atoms with Crippen molar-refractivity contribution in [2.24, 2.45) is 11.1 Å². The summed E-state index contributed by atoms with van der Waals surface area (Å²) in [4.78, 5) is 23.5. The van der Waals surface area contributed by atoms with E-state index in [1.807, 2.05) is 20.8 Å². The molecule has 5 heteroatoms. The SMILES string of the molecule is CC(C)(C)C(=O)NCC(=O)NC1(CN)CCCC1. The highest BCUT2D eigenvalue weighted by Crippen LogP contribution is 2.28. The second-order valence-corrected chi connectivity index (χ2v) is 6.17. The van der Waals surface area contributed by atoms with Crippen LogP contribution < -0.4 is 16.4 Å². The predicted octanol–water partition coefficient (Wildman–Crippen LogP) is 0.536. The van der Waals surface area contributed by atoms with Crippen LogP contribution in [-0.4, -0.2) is 30.4 Å². The molecule has 0 aromatic carbocycles. The van der Waals surface area contributed by atoms with Gasteiger partial charge in [-0.15, -0.1) is 0 Å². The maximum absolute atomic E-state index is 11.8. The molecule has 104 valence electrons. The van der Waals surface area contributed by atoms with E-state index in [1.165, 1.54) is 0 Å². The molecule has 0 spiro atoms. The van der Waals surface area contributed by atoms with Crippen LogP contribution in [0.2, 0.25) is 0 Å². The van der Waals surface area contributed by atoms with Crippen molar-refractivity contribution in [3.63, 3.8) is 0 Å². The van der Waals surface area contributed by atoms with Crippen LogP contribution in [0.1, 0.15) is 46.5 Å². The maximum atomic E-state index is 11.8. The van der Waals surface area contributed by atoms with E-state index in [9.17, 15) is 9.59 Å². The first-order valence-electron chi connectivity index (χ1n) is 6.58. The van der Waals surface area contributed by atoms with E-state index in [-0.39, 0.29) is 23.9 Å². The lowest BCUT2D eigenvalue weighted by Gasteiger charge is -2.29. The fourth-order valence-corrected chi connectivity index (χ4v) is 2.20. The third-order valence-electron chi connectivity index (χ3n) is 3.45. The van der Waals surface area contributed by atoms with E-state index >= 15 is 0 Å². The lowest BCUT2D eigenvalue weighted by atomic mass is 9.95. The Morgan fingerprint density at radius 1 is 1.22 bits per heavy atom. The minimum Gasteiger partial charge on any atom is -0.348 e. The van der Waals surface area contributed by atoms with Crippen molar-refractivity contribution in [3.8, 4) is 0 Å². The summed E-state index contributed by atoms with van der Waals surface area (Å²) in [5.74, 6) is -0.272. The van der Waals surface area contributed by atoms with Crippen LogP contribution in [0, 0.1) is 5.41 Å². The molecule has 5 nitrogen and oxygen atoms in total. The largest absolute Gasteiger partial charge is 0.348 e. The number of carbonyl (C=O) groups is 2. The summed E-state index contributed by atoms with van der Waals surface area (Å²) in [6, 6.07) is 0. The molecule has 0 unspecified atom stereocenters. The van der Waals surface area contributed by atoms with E-state index in [2.05, 4.69) is 10.6 Å². The van der Waals surface area contributed by atoms with Gasteiger partial charge in [0.1, 0.15) is 0 Å². The third-order valence-corrected chi connectivity index (χ3v) is 3.45. The molecule has 0 aromatic heterocycles. The molecule has 0 aliphatic heterocycles. The molecule has 0 radical (unpaired) electrons. The number of amides is 2. The number of hydrogen-bond acceptors (Lipinski definition) is 3. The Morgan fingerprint density at radius 2 is 1.78 bits per heavy atom. The number of hydrogen-bond donors (Lipinski definition) is 3. The number of nitrogens with one attached hydrogen (secondary N) is 2. The smallest absolute Gasteiger partial charge is 0.239 e. The predicted molar refractivity (Wildman–Crippen MR) is 70.9 cm³/mol. The van der Waals surface area contributed by atoms with Gasteiger partial charge in [-0.2, -0.15) is 0 Å². The minimum absolute atomic E-state index is 0.0256. The molecule has 0 heterocycles. The molecule has 1 fully saturated rings. The van der Waals surface area contributed by atoms with Crippen molar-refractivity contribution in [1.82, 2.24) is 10.6 Å². The molecule has 1 saturated carbocycles. The summed E-state index contributed by atoms with van der Waals surface area (Å²) in [6.45, 7) is 5.94. The summed E-state index contributed by atoms with van der Waals surface area (Å²) in [5, 5.41) is 5.62. The second-order valence-electron chi connectivity index (χ2n) is 6.17. The van der Waals surface area contributed by atoms with Crippen LogP contribution in [0.15, 0.2) is 0 Å². The standard InChI is InChI=1S/C13H25N3O2/c1-12(2,3)11(18)15-8-10(17)16-13(9-14)6-4-5-7-13/h4-9,14H2,1-3H3,(H,15,18)(H,16,17). The quantitative estimate of drug-likeness (QED) is 0.685. The maximum Gasteiger partial charge on any atom is 0.239 e. The Balaban J connectivity index is 2.40. The van der Waals surface area contributed by atoms with Gasteiger partial charge in [0.25, 0.3) is 0 Å². The zero-order valence-electron chi connectivity index (χ0n) is 11.6. The van der Waals surface area contributed by atoms with Gasteiger partial charge in [-0.05, 0) is 12.8 Å². The van der Waals surface area contributed by atoms with Crippen LogP contribution in [0.5, 0.6) is 0 Å². The zero-order chi connectivity index (χ0) is 13.8. The lowest BCUT2D eigenvalue weighted by Crippen LogP contribution is -2.54. The molecule has 0 bridgehead atoms. The van der Waals surface area contributed by atoms with Gasteiger partial charge in [0.15, 0.2) is 0 Å². The lowest BCUT2D eigenvalue weighted by molar-refractivity contribution is -0.131. The first-order valence-corrected chi connectivity index (χ1v) is 6.58. The van der Waals surface area contributed by atoms with Crippen LogP contribution in [0.25, 0.3) is 0 Å². The van der Waals surface area contributed by atoms with Crippen molar-refractivity contribution in [3.05, 3.63) is 0 Å². The summed E-state index contributed by atoms with van der Waals surface area (Å²) >= 11 is 0. The highest BCUT2D eigenvalue weighted by atomic mass is 16.2. The van der Waals surface area contributed by atoms with Gasteiger partial charge in [0.2, 0.25) is 11.8 Å². The normalized spacial score (nSPS) is 18.4. The molecule has 0 saturated heterocycles. The van der Waals surface area contributed by atoms with E-state index in [0.717, 1.165) is 25.7 Å². The van der Waals surface area contributed by atoms with Crippen molar-refractivity contribution >= 4 is 11.8 Å². The highest BCUT2D eigenvalue weighted by molar-refractivity contribution is 5.87. The fraction of sp³-hybridized carbons (Fsp3) is 0.846. The minimum atomic E-state index is -0.473. The third kappa shape index (κ3) is 3.98. The number of carbonyl (C=O) groups excluding carboxylic acids is 2. The van der Waals surface area contributed by atoms with Gasteiger partial charge >= 0.3 is 0 Å². The summed E-state index contributed by atoms with van der Waals surface area (Å²) in [6.07, 6.45) is 4.07. The number of nitrogens with two attached hydrogens (primary N) is 1. The molecule has 18 heavy (non-hydrogen) atoms. The first kappa shape index (κ1) is 15.0. The first-order chi connectivity index (χ1) is 8.29. The topological polar surface area (TPSA) is 84.2 Å². The highest BCUT2D eigenvalue weighted by Gasteiger charge is 2.33. The molecule has 0 aromatic rings. The molecule has 4 N–H and O–H groups in total. The van der Waals surface area contributed by atoms with E-state index in [0.29, 0.717) is 6.54 Å². The Morgan fingerprint density at radius 3 is 2.22 bits per heavy atom. The van der Waals surface area contributed by atoms with Gasteiger partial charge < -0.3 is 16.4 Å². The molecule has 1 aliphatic carbocycles. The average molecular weight is 255 g/mol. The van der Waals surface area contributed by atoms with E-state index < -0.39 is 5.41 Å². The molecule has 1 aliphatic rings. The van der Waals surface area contributed by atoms with Gasteiger partial charge in [-0.25, -0.2) is 0 Å². The Hall–Kier alpha value is -1.10. The van der Waals surface area contributed by atoms with Gasteiger partial charge in [-0.3, -0.25) is 9.59 Å². The fourth-order valence-electron chi connectivity index (χ4n) is 2.20. The van der Waals surface area contributed by atoms with Crippen molar-refractivity contribution in [2.45, 2.75) is 52.0 Å². The van der Waals surface area contributed by atoms with E-state index in [1.54, 1.807) is 0 Å². The van der Waals surface area contributed by atoms with Crippen molar-refractivity contribution in [2.75, 3.05) is 13.1 Å². The molecular formula is C13H25N3O2.